The zero-order chi connectivity index (χ0) is 17.2. The first-order valence-corrected chi connectivity index (χ1v) is 7.94. The number of likely N-dealkylation sites (tertiary alicyclic amines) is 1. The number of amides is 2. The van der Waals surface area contributed by atoms with E-state index in [1.54, 1.807) is 21.2 Å². The monoisotopic (exact) mass is 327 g/mol. The molecule has 1 aliphatic heterocycles. The Kier molecular flexibility index (Phi) is 8.39. The number of carbonyl (C=O) groups is 2. The summed E-state index contributed by atoms with van der Waals surface area (Å²) in [6.07, 6.45) is 2.35. The van der Waals surface area contributed by atoms with E-state index in [-0.39, 0.29) is 24.3 Å². The minimum atomic E-state index is -0.273. The van der Waals surface area contributed by atoms with Gasteiger partial charge in [0.15, 0.2) is 5.96 Å². The first-order chi connectivity index (χ1) is 10.9. The highest BCUT2D eigenvalue weighted by molar-refractivity contribution is 5.85. The summed E-state index contributed by atoms with van der Waals surface area (Å²) < 4.78 is 5.04. The van der Waals surface area contributed by atoms with Gasteiger partial charge in [-0.25, -0.2) is 4.99 Å². The van der Waals surface area contributed by atoms with E-state index in [1.807, 2.05) is 0 Å². The third-order valence-electron chi connectivity index (χ3n) is 3.76. The third kappa shape index (κ3) is 7.32. The molecule has 1 unspecified atom stereocenters. The van der Waals surface area contributed by atoms with Crippen LogP contribution in [-0.4, -0.2) is 81.6 Å². The molecule has 0 aromatic carbocycles. The Bertz CT molecular complexity index is 425. The summed E-state index contributed by atoms with van der Waals surface area (Å²) in [5, 5.41) is 3.22. The predicted octanol–water partition coefficient (Wildman–Crippen LogP) is -0.746. The largest absolute Gasteiger partial charge is 0.383 e. The molecule has 0 saturated carbocycles. The molecule has 8 heteroatoms. The number of piperidine rings is 1. The summed E-state index contributed by atoms with van der Waals surface area (Å²) in [6, 6.07) is 0. The first-order valence-electron chi connectivity index (χ1n) is 7.94. The number of methoxy groups -OCH3 is 1. The number of rotatable bonds is 7. The smallest absolute Gasteiger partial charge is 0.243 e. The van der Waals surface area contributed by atoms with E-state index < -0.39 is 0 Å². The van der Waals surface area contributed by atoms with Crippen molar-refractivity contribution < 1.29 is 14.3 Å². The molecule has 0 aliphatic carbocycles. The molecule has 1 fully saturated rings. The molecule has 1 aliphatic rings. The van der Waals surface area contributed by atoms with Crippen LogP contribution < -0.4 is 11.1 Å². The summed E-state index contributed by atoms with van der Waals surface area (Å²) in [7, 11) is 5.05. The van der Waals surface area contributed by atoms with Gasteiger partial charge in [-0.05, 0) is 18.8 Å². The van der Waals surface area contributed by atoms with Crippen LogP contribution in [0.2, 0.25) is 0 Å². The molecule has 0 spiro atoms. The van der Waals surface area contributed by atoms with Crippen molar-refractivity contribution in [1.82, 2.24) is 15.1 Å². The second-order valence-electron chi connectivity index (χ2n) is 5.97. The fourth-order valence-electron chi connectivity index (χ4n) is 2.53. The number of ether oxygens (including phenoxy) is 1. The third-order valence-corrected chi connectivity index (χ3v) is 3.76. The van der Waals surface area contributed by atoms with E-state index in [0.717, 1.165) is 25.9 Å². The number of nitrogens with one attached hydrogen (secondary N) is 1. The normalized spacial score (nSPS) is 18.7. The lowest BCUT2D eigenvalue weighted by molar-refractivity contribution is -0.127. The van der Waals surface area contributed by atoms with Crippen LogP contribution in [0.25, 0.3) is 0 Å². The number of aliphatic imine (C=N–C) groups is 1. The number of carbonyl (C=O) groups excluding carboxylic acids is 2. The maximum Gasteiger partial charge on any atom is 0.243 e. The van der Waals surface area contributed by atoms with Crippen LogP contribution in [0.4, 0.5) is 0 Å². The van der Waals surface area contributed by atoms with Gasteiger partial charge in [0, 0.05) is 47.3 Å². The van der Waals surface area contributed by atoms with Gasteiger partial charge in [0.2, 0.25) is 11.8 Å². The van der Waals surface area contributed by atoms with Crippen molar-refractivity contribution in [3.8, 4) is 0 Å². The zero-order valence-electron chi connectivity index (χ0n) is 14.4. The lowest BCUT2D eigenvalue weighted by atomic mass is 9.95. The van der Waals surface area contributed by atoms with Crippen molar-refractivity contribution in [2.45, 2.75) is 19.3 Å². The number of nitrogens with two attached hydrogens (primary N) is 1. The molecule has 1 heterocycles. The Hall–Kier alpha value is -1.83. The van der Waals surface area contributed by atoms with Gasteiger partial charge in [-0.1, -0.05) is 0 Å². The summed E-state index contributed by atoms with van der Waals surface area (Å²) in [4.78, 5) is 30.9. The molecule has 8 nitrogen and oxygen atoms in total. The fraction of sp³-hybridized carbons (Fsp3) is 0.800. The molecule has 0 bridgehead atoms. The summed E-state index contributed by atoms with van der Waals surface area (Å²) >= 11 is 0. The topological polar surface area (TPSA) is 100 Å². The van der Waals surface area contributed by atoms with Crippen molar-refractivity contribution in [2.24, 2.45) is 16.6 Å². The van der Waals surface area contributed by atoms with Gasteiger partial charge in [0.25, 0.3) is 0 Å². The van der Waals surface area contributed by atoms with Gasteiger partial charge < -0.3 is 25.6 Å². The van der Waals surface area contributed by atoms with Crippen LogP contribution in [0.3, 0.4) is 0 Å². The highest BCUT2D eigenvalue weighted by Gasteiger charge is 2.23. The van der Waals surface area contributed by atoms with Crippen LogP contribution in [-0.2, 0) is 14.3 Å². The number of hydrogen-bond donors (Lipinski definition) is 2. The van der Waals surface area contributed by atoms with E-state index in [0.29, 0.717) is 25.5 Å². The second kappa shape index (κ2) is 10.0. The number of hydrogen-bond acceptors (Lipinski definition) is 4. The fourth-order valence-corrected chi connectivity index (χ4v) is 2.53. The van der Waals surface area contributed by atoms with E-state index in [2.05, 4.69) is 15.2 Å². The quantitative estimate of drug-likeness (QED) is 0.364. The van der Waals surface area contributed by atoms with Gasteiger partial charge in [0.05, 0.1) is 6.61 Å². The van der Waals surface area contributed by atoms with Crippen molar-refractivity contribution in [3.05, 3.63) is 0 Å². The predicted molar refractivity (Wildman–Crippen MR) is 89.0 cm³/mol. The molecule has 1 rings (SSSR count). The van der Waals surface area contributed by atoms with Gasteiger partial charge in [0.1, 0.15) is 6.54 Å². The Labute approximate surface area is 138 Å². The zero-order valence-corrected chi connectivity index (χ0v) is 14.4. The van der Waals surface area contributed by atoms with Crippen molar-refractivity contribution in [1.29, 1.82) is 0 Å². The van der Waals surface area contributed by atoms with Crippen LogP contribution in [0.15, 0.2) is 4.99 Å². The van der Waals surface area contributed by atoms with Crippen molar-refractivity contribution >= 4 is 17.8 Å². The highest BCUT2D eigenvalue weighted by Crippen LogP contribution is 2.19. The Balaban J connectivity index is 2.70. The molecule has 23 heavy (non-hydrogen) atoms. The maximum absolute atomic E-state index is 11.8. The van der Waals surface area contributed by atoms with E-state index in [4.69, 9.17) is 10.5 Å². The Morgan fingerprint density at radius 1 is 1.43 bits per heavy atom. The Morgan fingerprint density at radius 3 is 2.78 bits per heavy atom. The molecule has 0 aromatic heterocycles. The first kappa shape index (κ1) is 19.2. The maximum atomic E-state index is 11.8. The van der Waals surface area contributed by atoms with Crippen LogP contribution in [0.5, 0.6) is 0 Å². The average molecular weight is 327 g/mol. The van der Waals surface area contributed by atoms with Gasteiger partial charge in [-0.15, -0.1) is 0 Å². The lowest BCUT2D eigenvalue weighted by Gasteiger charge is -2.34. The molecule has 2 amide bonds. The van der Waals surface area contributed by atoms with Gasteiger partial charge in [-0.2, -0.15) is 0 Å². The highest BCUT2D eigenvalue weighted by atomic mass is 16.5. The SMILES string of the molecule is COCCNC(=NCC(=O)N(C)C)N1CCCC(CC(N)=O)C1. The number of primary amides is 1. The Morgan fingerprint density at radius 2 is 2.17 bits per heavy atom. The average Bonchev–Trinajstić information content (AvgIpc) is 2.49. The van der Waals surface area contributed by atoms with E-state index in [9.17, 15) is 9.59 Å². The number of guanidine groups is 1. The number of likely N-dealkylation sites (N-methyl/N-ethyl adjacent to an activating group) is 1. The molecule has 1 saturated heterocycles. The van der Waals surface area contributed by atoms with E-state index in [1.165, 1.54) is 4.90 Å². The molecule has 132 valence electrons. The van der Waals surface area contributed by atoms with Gasteiger partial charge in [-0.3, -0.25) is 9.59 Å². The minimum Gasteiger partial charge on any atom is -0.383 e. The molecule has 0 radical (unpaired) electrons. The molecule has 1 atom stereocenters. The number of nitrogens with zero attached hydrogens (tertiary/aromatic N) is 3. The van der Waals surface area contributed by atoms with Crippen molar-refractivity contribution in [2.75, 3.05) is 54.0 Å². The van der Waals surface area contributed by atoms with Gasteiger partial charge >= 0.3 is 0 Å². The summed E-state index contributed by atoms with van der Waals surface area (Å²) in [6.45, 7) is 2.84. The molecular weight excluding hydrogens is 298 g/mol. The second-order valence-corrected chi connectivity index (χ2v) is 5.97. The standard InChI is InChI=1S/C15H29N5O3/c1-19(2)14(22)10-18-15(17-6-8-23-3)20-7-4-5-12(11-20)9-13(16)21/h12H,4-11H2,1-3H3,(H2,16,21)(H,17,18). The summed E-state index contributed by atoms with van der Waals surface area (Å²) in [5.41, 5.74) is 5.30. The van der Waals surface area contributed by atoms with E-state index >= 15 is 0 Å². The van der Waals surface area contributed by atoms with Crippen molar-refractivity contribution in [3.63, 3.8) is 0 Å². The molecule has 0 aromatic rings. The molecule has 3 N–H and O–H groups in total. The summed E-state index contributed by atoms with van der Waals surface area (Å²) in [5.74, 6) is 0.596. The van der Waals surface area contributed by atoms with Crippen LogP contribution in [0, 0.1) is 5.92 Å². The van der Waals surface area contributed by atoms with Crippen LogP contribution >= 0.6 is 0 Å². The molecular formula is C15H29N5O3. The minimum absolute atomic E-state index is 0.0539. The lowest BCUT2D eigenvalue weighted by Crippen LogP contribution is -2.48. The van der Waals surface area contributed by atoms with Crippen LogP contribution in [0.1, 0.15) is 19.3 Å².